The zero-order valence-electron chi connectivity index (χ0n) is 36.4. The second kappa shape index (κ2) is 14.5. The monoisotopic (exact) mass is 824 g/mol. The van der Waals surface area contributed by atoms with Crippen LogP contribution in [-0.2, 0) is 5.41 Å². The van der Waals surface area contributed by atoms with Crippen molar-refractivity contribution in [3.05, 3.63) is 242 Å². The Balaban J connectivity index is 1.23. The summed E-state index contributed by atoms with van der Waals surface area (Å²) < 4.78 is 0. The third kappa shape index (κ3) is 5.84. The molecule has 0 saturated carbocycles. The van der Waals surface area contributed by atoms with Crippen molar-refractivity contribution < 1.29 is 0 Å². The summed E-state index contributed by atoms with van der Waals surface area (Å²) in [6, 6.07) is 86.2. The fourth-order valence-electron chi connectivity index (χ4n) is 11.4. The number of hydrogen-bond acceptors (Lipinski definition) is 0. The standard InChI is InChI=1S/C65H44/c1-65(2)59-32-16-15-29-54(59)63-61(50-35-46(41-19-7-3-8-20-41)33-47(36-50)42-21-9-4-10-22-42)57-39-55-52-30-17-27-45-28-18-31-53(60(45)52)56(55)40-58(57)62(64(63)65)51-37-48(43-23-11-5-12-24-43)34-49(38-51)44-25-13-6-14-26-44/h3-40H,1-2H3. The van der Waals surface area contributed by atoms with E-state index in [9.17, 15) is 0 Å². The third-order valence-electron chi connectivity index (χ3n) is 14.3. The van der Waals surface area contributed by atoms with Crippen LogP contribution in [0.25, 0.3) is 122 Å². The van der Waals surface area contributed by atoms with E-state index in [4.69, 9.17) is 0 Å². The molecule has 11 aromatic rings. The maximum absolute atomic E-state index is 2.56. The van der Waals surface area contributed by atoms with Crippen molar-refractivity contribution in [3.8, 4) is 100 Å². The van der Waals surface area contributed by atoms with Crippen molar-refractivity contribution in [2.24, 2.45) is 0 Å². The minimum absolute atomic E-state index is 0.318. The van der Waals surface area contributed by atoms with Gasteiger partial charge in [-0.25, -0.2) is 0 Å². The van der Waals surface area contributed by atoms with Gasteiger partial charge in [0.2, 0.25) is 0 Å². The minimum atomic E-state index is -0.318. The Bertz CT molecular complexity index is 3570. The zero-order valence-corrected chi connectivity index (χ0v) is 36.4. The average molecular weight is 825 g/mol. The first-order valence-corrected chi connectivity index (χ1v) is 22.8. The average Bonchev–Trinajstić information content (AvgIpc) is 3.81. The molecule has 65 heavy (non-hydrogen) atoms. The smallest absolute Gasteiger partial charge is 0.0165 e. The molecular weight excluding hydrogens is 781 g/mol. The molecule has 13 rings (SSSR count). The molecule has 0 spiro atoms. The predicted molar refractivity (Wildman–Crippen MR) is 276 cm³/mol. The van der Waals surface area contributed by atoms with Gasteiger partial charge >= 0.3 is 0 Å². The zero-order chi connectivity index (χ0) is 43.2. The Labute approximate surface area is 380 Å². The van der Waals surface area contributed by atoms with Crippen LogP contribution in [0, 0.1) is 0 Å². The van der Waals surface area contributed by atoms with Crippen molar-refractivity contribution >= 4 is 21.5 Å². The molecule has 0 N–H and O–H groups in total. The second-order valence-electron chi connectivity index (χ2n) is 18.4. The van der Waals surface area contributed by atoms with Gasteiger partial charge in [-0.2, -0.15) is 0 Å². The van der Waals surface area contributed by atoms with Crippen molar-refractivity contribution in [2.45, 2.75) is 19.3 Å². The largest absolute Gasteiger partial charge is 0.0622 e. The highest BCUT2D eigenvalue weighted by atomic mass is 14.4. The van der Waals surface area contributed by atoms with Crippen molar-refractivity contribution in [1.82, 2.24) is 0 Å². The molecule has 304 valence electrons. The van der Waals surface area contributed by atoms with Gasteiger partial charge in [-0.05, 0) is 181 Å². The third-order valence-corrected chi connectivity index (χ3v) is 14.3. The first kappa shape index (κ1) is 37.5. The van der Waals surface area contributed by atoms with Gasteiger partial charge in [-0.3, -0.25) is 0 Å². The van der Waals surface area contributed by atoms with Gasteiger partial charge in [0.25, 0.3) is 0 Å². The topological polar surface area (TPSA) is 0 Å². The lowest BCUT2D eigenvalue weighted by Crippen LogP contribution is -2.16. The van der Waals surface area contributed by atoms with E-state index in [0.717, 1.165) is 0 Å². The maximum Gasteiger partial charge on any atom is 0.0165 e. The minimum Gasteiger partial charge on any atom is -0.0622 e. The van der Waals surface area contributed by atoms with Crippen molar-refractivity contribution in [3.63, 3.8) is 0 Å². The molecule has 0 unspecified atom stereocenters. The van der Waals surface area contributed by atoms with Crippen LogP contribution < -0.4 is 0 Å². The summed E-state index contributed by atoms with van der Waals surface area (Å²) >= 11 is 0. The summed E-state index contributed by atoms with van der Waals surface area (Å²) in [5.74, 6) is 0. The molecule has 0 saturated heterocycles. The Morgan fingerprint density at radius 2 is 0.631 bits per heavy atom. The molecule has 0 aromatic heterocycles. The Hall–Kier alpha value is -8.06. The van der Waals surface area contributed by atoms with Crippen LogP contribution in [0.2, 0.25) is 0 Å². The first-order valence-electron chi connectivity index (χ1n) is 22.8. The number of rotatable bonds is 6. The highest BCUT2D eigenvalue weighted by molar-refractivity contribution is 6.22. The van der Waals surface area contributed by atoms with E-state index < -0.39 is 0 Å². The van der Waals surface area contributed by atoms with E-state index >= 15 is 0 Å². The van der Waals surface area contributed by atoms with Gasteiger partial charge in [0.05, 0.1) is 0 Å². The van der Waals surface area contributed by atoms with Crippen LogP contribution in [0.1, 0.15) is 25.0 Å². The fraction of sp³-hybridized carbons (Fsp3) is 0.0462. The van der Waals surface area contributed by atoms with E-state index in [1.807, 2.05) is 0 Å². The number of fused-ring (bicyclic) bond motifs is 7. The van der Waals surface area contributed by atoms with Gasteiger partial charge in [0.15, 0.2) is 0 Å². The molecule has 0 atom stereocenters. The highest BCUT2D eigenvalue weighted by Crippen LogP contribution is 2.61. The van der Waals surface area contributed by atoms with Crippen LogP contribution >= 0.6 is 0 Å². The van der Waals surface area contributed by atoms with Crippen LogP contribution in [0.5, 0.6) is 0 Å². The van der Waals surface area contributed by atoms with Crippen LogP contribution in [0.4, 0.5) is 0 Å². The SMILES string of the molecule is CC1(C)c2ccccc2-c2c1c(-c1cc(-c3ccccc3)cc(-c3ccccc3)c1)c1cc3c(cc1c2-c1cc(-c2ccccc2)cc(-c2ccccc2)c1)-c1cccc2cccc-3c12. The molecule has 0 nitrogen and oxygen atoms in total. The van der Waals surface area contributed by atoms with E-state index in [1.54, 1.807) is 0 Å². The summed E-state index contributed by atoms with van der Waals surface area (Å²) in [5.41, 5.74) is 25.0. The summed E-state index contributed by atoms with van der Waals surface area (Å²) in [5, 5.41) is 5.17. The molecule has 0 heterocycles. The molecular formula is C65H44. The summed E-state index contributed by atoms with van der Waals surface area (Å²) in [7, 11) is 0. The molecule has 2 aliphatic carbocycles. The van der Waals surface area contributed by atoms with Crippen LogP contribution in [0.3, 0.4) is 0 Å². The highest BCUT2D eigenvalue weighted by Gasteiger charge is 2.41. The lowest BCUT2D eigenvalue weighted by Gasteiger charge is -2.28. The predicted octanol–water partition coefficient (Wildman–Crippen LogP) is 17.9. The molecule has 0 radical (unpaired) electrons. The number of hydrogen-bond donors (Lipinski definition) is 0. The molecule has 2 aliphatic rings. The van der Waals surface area contributed by atoms with Crippen molar-refractivity contribution in [1.29, 1.82) is 0 Å². The molecule has 0 fully saturated rings. The second-order valence-corrected chi connectivity index (χ2v) is 18.4. The Kier molecular flexibility index (Phi) is 8.36. The normalized spacial score (nSPS) is 12.9. The van der Waals surface area contributed by atoms with Gasteiger partial charge < -0.3 is 0 Å². The lowest BCUT2D eigenvalue weighted by atomic mass is 9.74. The molecule has 11 aromatic carbocycles. The molecule has 0 aliphatic heterocycles. The van der Waals surface area contributed by atoms with Crippen molar-refractivity contribution in [2.75, 3.05) is 0 Å². The first-order chi connectivity index (χ1) is 32.0. The Morgan fingerprint density at radius 1 is 0.262 bits per heavy atom. The quantitative estimate of drug-likeness (QED) is 0.157. The molecule has 0 bridgehead atoms. The molecule has 0 heteroatoms. The van der Waals surface area contributed by atoms with E-state index in [-0.39, 0.29) is 5.41 Å². The fourth-order valence-corrected chi connectivity index (χ4v) is 11.4. The summed E-state index contributed by atoms with van der Waals surface area (Å²) in [6.45, 7) is 4.91. The molecule has 0 amide bonds. The summed E-state index contributed by atoms with van der Waals surface area (Å²) in [4.78, 5) is 0. The van der Waals surface area contributed by atoms with Gasteiger partial charge in [0.1, 0.15) is 0 Å². The lowest BCUT2D eigenvalue weighted by molar-refractivity contribution is 0.663. The van der Waals surface area contributed by atoms with E-state index in [2.05, 4.69) is 244 Å². The van der Waals surface area contributed by atoms with Gasteiger partial charge in [-0.1, -0.05) is 196 Å². The maximum atomic E-state index is 2.56. The van der Waals surface area contributed by atoms with Gasteiger partial charge in [0, 0.05) is 5.41 Å². The summed E-state index contributed by atoms with van der Waals surface area (Å²) in [6.07, 6.45) is 0. The Morgan fingerprint density at radius 3 is 1.09 bits per heavy atom. The van der Waals surface area contributed by atoms with Gasteiger partial charge in [-0.15, -0.1) is 0 Å². The van der Waals surface area contributed by atoms with E-state index in [0.29, 0.717) is 0 Å². The van der Waals surface area contributed by atoms with Crippen LogP contribution in [-0.4, -0.2) is 0 Å². The van der Waals surface area contributed by atoms with E-state index in [1.165, 1.54) is 133 Å². The van der Waals surface area contributed by atoms with Crippen LogP contribution in [0.15, 0.2) is 231 Å². The number of benzene rings is 11.